The Morgan fingerprint density at radius 1 is 1.22 bits per heavy atom. The predicted octanol–water partition coefficient (Wildman–Crippen LogP) is 1.90. The number of piperidine rings is 1. The number of likely N-dealkylation sites (tertiary alicyclic amines) is 1. The molecule has 0 spiro atoms. The van der Waals surface area contributed by atoms with E-state index in [-0.39, 0.29) is 18.2 Å². The van der Waals surface area contributed by atoms with Crippen molar-refractivity contribution in [2.24, 2.45) is 5.92 Å². The Hall–Kier alpha value is -1.43. The first-order valence-electron chi connectivity index (χ1n) is 8.40. The minimum atomic E-state index is -0.226. The summed E-state index contributed by atoms with van der Waals surface area (Å²) < 4.78 is 11.4. The van der Waals surface area contributed by atoms with E-state index in [1.54, 1.807) is 4.90 Å². The lowest BCUT2D eigenvalue weighted by Crippen LogP contribution is -2.47. The lowest BCUT2D eigenvalue weighted by atomic mass is 9.93. The van der Waals surface area contributed by atoms with Gasteiger partial charge in [0, 0.05) is 26.6 Å². The first-order valence-corrected chi connectivity index (χ1v) is 8.40. The van der Waals surface area contributed by atoms with Crippen molar-refractivity contribution in [3.63, 3.8) is 0 Å². The Bertz CT molecular complexity index is 514. The van der Waals surface area contributed by atoms with E-state index < -0.39 is 0 Å². The lowest BCUT2D eigenvalue weighted by molar-refractivity contribution is -0.139. The van der Waals surface area contributed by atoms with Gasteiger partial charge in [-0.15, -0.1) is 0 Å². The highest BCUT2D eigenvalue weighted by molar-refractivity contribution is 5.82. The van der Waals surface area contributed by atoms with Gasteiger partial charge in [0.2, 0.25) is 5.91 Å². The Morgan fingerprint density at radius 2 is 1.91 bits per heavy atom. The maximum absolute atomic E-state index is 12.8. The Morgan fingerprint density at radius 3 is 2.57 bits per heavy atom. The largest absolute Gasteiger partial charge is 0.350 e. The second kappa shape index (κ2) is 7.43. The molecule has 1 aromatic carbocycles. The van der Waals surface area contributed by atoms with Gasteiger partial charge < -0.3 is 14.4 Å². The van der Waals surface area contributed by atoms with E-state index in [1.807, 2.05) is 44.4 Å². The zero-order chi connectivity index (χ0) is 16.2. The fourth-order valence-corrected chi connectivity index (χ4v) is 3.54. The molecule has 2 saturated heterocycles. The number of rotatable bonds is 4. The zero-order valence-corrected chi connectivity index (χ0v) is 14.0. The van der Waals surface area contributed by atoms with Gasteiger partial charge in [-0.05, 0) is 24.9 Å². The SMILES string of the molecule is CN(C)C(=O)C(c1ccccc1)N1CCCC(C2OCCO2)C1. The molecule has 0 aliphatic carbocycles. The Labute approximate surface area is 138 Å². The van der Waals surface area contributed by atoms with Crippen LogP contribution in [0.4, 0.5) is 0 Å². The molecule has 5 nitrogen and oxygen atoms in total. The Kier molecular flexibility index (Phi) is 5.30. The molecule has 126 valence electrons. The van der Waals surface area contributed by atoms with Gasteiger partial charge >= 0.3 is 0 Å². The van der Waals surface area contributed by atoms with Crippen LogP contribution < -0.4 is 0 Å². The summed E-state index contributed by atoms with van der Waals surface area (Å²) in [5.41, 5.74) is 1.06. The summed E-state index contributed by atoms with van der Waals surface area (Å²) in [5.74, 6) is 0.470. The molecule has 5 heteroatoms. The molecule has 2 heterocycles. The van der Waals surface area contributed by atoms with Gasteiger partial charge in [-0.25, -0.2) is 0 Å². The van der Waals surface area contributed by atoms with Crippen LogP contribution in [-0.4, -0.2) is 62.4 Å². The van der Waals surface area contributed by atoms with Crippen LogP contribution in [0.3, 0.4) is 0 Å². The number of benzene rings is 1. The van der Waals surface area contributed by atoms with E-state index in [0.29, 0.717) is 19.1 Å². The third-order valence-corrected chi connectivity index (χ3v) is 4.68. The normalized spacial score (nSPS) is 24.5. The summed E-state index contributed by atoms with van der Waals surface area (Å²) in [5, 5.41) is 0. The number of carbonyl (C=O) groups excluding carboxylic acids is 1. The molecule has 3 rings (SSSR count). The van der Waals surface area contributed by atoms with Gasteiger partial charge in [-0.3, -0.25) is 9.69 Å². The number of nitrogens with zero attached hydrogens (tertiary/aromatic N) is 2. The number of ether oxygens (including phenoxy) is 2. The van der Waals surface area contributed by atoms with Crippen molar-refractivity contribution in [2.45, 2.75) is 25.2 Å². The van der Waals surface area contributed by atoms with Crippen LogP contribution in [0, 0.1) is 5.92 Å². The molecule has 1 amide bonds. The number of hydrogen-bond donors (Lipinski definition) is 0. The first kappa shape index (κ1) is 16.4. The van der Waals surface area contributed by atoms with Gasteiger partial charge in [-0.2, -0.15) is 0 Å². The van der Waals surface area contributed by atoms with Crippen LogP contribution in [-0.2, 0) is 14.3 Å². The summed E-state index contributed by atoms with van der Waals surface area (Å²) in [7, 11) is 3.64. The van der Waals surface area contributed by atoms with Crippen molar-refractivity contribution in [2.75, 3.05) is 40.4 Å². The van der Waals surface area contributed by atoms with E-state index in [1.165, 1.54) is 0 Å². The van der Waals surface area contributed by atoms with Crippen molar-refractivity contribution in [3.05, 3.63) is 35.9 Å². The highest BCUT2D eigenvalue weighted by atomic mass is 16.7. The molecule has 2 atom stereocenters. The topological polar surface area (TPSA) is 42.0 Å². The smallest absolute Gasteiger partial charge is 0.244 e. The fourth-order valence-electron chi connectivity index (χ4n) is 3.54. The lowest BCUT2D eigenvalue weighted by Gasteiger charge is -2.39. The standard InChI is InChI=1S/C18H26N2O3/c1-19(2)17(21)16(14-7-4-3-5-8-14)20-10-6-9-15(13-20)18-22-11-12-23-18/h3-5,7-8,15-16,18H,6,9-13H2,1-2H3. The highest BCUT2D eigenvalue weighted by Gasteiger charge is 2.36. The van der Waals surface area contributed by atoms with Crippen LogP contribution in [0.1, 0.15) is 24.4 Å². The van der Waals surface area contributed by atoms with E-state index in [9.17, 15) is 4.79 Å². The Balaban J connectivity index is 1.79. The molecule has 1 aromatic rings. The van der Waals surface area contributed by atoms with E-state index in [0.717, 1.165) is 31.5 Å². The number of likely N-dealkylation sites (N-methyl/N-ethyl adjacent to an activating group) is 1. The molecule has 0 radical (unpaired) electrons. The summed E-state index contributed by atoms with van der Waals surface area (Å²) in [6.07, 6.45) is 2.06. The third kappa shape index (κ3) is 3.74. The molecule has 2 aliphatic rings. The van der Waals surface area contributed by atoms with Crippen LogP contribution >= 0.6 is 0 Å². The first-order chi connectivity index (χ1) is 11.2. The van der Waals surface area contributed by atoms with Gasteiger partial charge in [0.15, 0.2) is 6.29 Å². The van der Waals surface area contributed by atoms with Crippen molar-refractivity contribution in [3.8, 4) is 0 Å². The van der Waals surface area contributed by atoms with Crippen LogP contribution in [0.2, 0.25) is 0 Å². The molecule has 2 aliphatic heterocycles. The fraction of sp³-hybridized carbons (Fsp3) is 0.611. The molecule has 0 saturated carbocycles. The van der Waals surface area contributed by atoms with E-state index in [4.69, 9.17) is 9.47 Å². The van der Waals surface area contributed by atoms with Crippen molar-refractivity contribution in [1.29, 1.82) is 0 Å². The minimum Gasteiger partial charge on any atom is -0.350 e. The zero-order valence-electron chi connectivity index (χ0n) is 14.0. The number of hydrogen-bond acceptors (Lipinski definition) is 4. The molecule has 2 fully saturated rings. The van der Waals surface area contributed by atoms with E-state index in [2.05, 4.69) is 4.90 Å². The summed E-state index contributed by atoms with van der Waals surface area (Å²) in [4.78, 5) is 16.8. The van der Waals surface area contributed by atoms with Crippen molar-refractivity contribution >= 4 is 5.91 Å². The average molecular weight is 318 g/mol. The van der Waals surface area contributed by atoms with Crippen molar-refractivity contribution < 1.29 is 14.3 Å². The number of amides is 1. The summed E-state index contributed by atoms with van der Waals surface area (Å²) in [6, 6.07) is 9.83. The van der Waals surface area contributed by atoms with Gasteiger partial charge in [0.1, 0.15) is 6.04 Å². The van der Waals surface area contributed by atoms with Gasteiger partial charge in [0.05, 0.1) is 13.2 Å². The van der Waals surface area contributed by atoms with Gasteiger partial charge in [-0.1, -0.05) is 30.3 Å². The molecule has 0 bridgehead atoms. The third-order valence-electron chi connectivity index (χ3n) is 4.68. The summed E-state index contributed by atoms with van der Waals surface area (Å²) >= 11 is 0. The van der Waals surface area contributed by atoms with Crippen LogP contribution in [0.15, 0.2) is 30.3 Å². The molecular weight excluding hydrogens is 292 g/mol. The second-order valence-electron chi connectivity index (χ2n) is 6.55. The average Bonchev–Trinajstić information content (AvgIpc) is 3.11. The quantitative estimate of drug-likeness (QED) is 0.850. The van der Waals surface area contributed by atoms with E-state index >= 15 is 0 Å². The molecular formula is C18H26N2O3. The van der Waals surface area contributed by atoms with Crippen LogP contribution in [0.5, 0.6) is 0 Å². The second-order valence-corrected chi connectivity index (χ2v) is 6.55. The minimum absolute atomic E-state index is 0.108. The van der Waals surface area contributed by atoms with Gasteiger partial charge in [0.25, 0.3) is 0 Å². The molecule has 0 aromatic heterocycles. The predicted molar refractivity (Wildman–Crippen MR) is 87.9 cm³/mol. The molecule has 0 N–H and O–H groups in total. The van der Waals surface area contributed by atoms with Crippen molar-refractivity contribution in [1.82, 2.24) is 9.80 Å². The monoisotopic (exact) mass is 318 g/mol. The molecule has 2 unspecified atom stereocenters. The molecule has 23 heavy (non-hydrogen) atoms. The number of carbonyl (C=O) groups is 1. The summed E-state index contributed by atoms with van der Waals surface area (Å²) in [6.45, 7) is 3.13. The highest BCUT2D eigenvalue weighted by Crippen LogP contribution is 2.31. The maximum Gasteiger partial charge on any atom is 0.244 e. The maximum atomic E-state index is 12.8. The van der Waals surface area contributed by atoms with Crippen LogP contribution in [0.25, 0.3) is 0 Å².